The Hall–Kier alpha value is -1.25. The number of nitrogens with zero attached hydrogens (tertiary/aromatic N) is 4. The lowest BCUT2D eigenvalue weighted by Crippen LogP contribution is -2.22. The number of thiophene rings is 1. The van der Waals surface area contributed by atoms with Gasteiger partial charge in [0.25, 0.3) is 0 Å². The predicted molar refractivity (Wildman–Crippen MR) is 102 cm³/mol. The van der Waals surface area contributed by atoms with Gasteiger partial charge >= 0.3 is 0 Å². The maximum Gasteiger partial charge on any atom is 0.121 e. The van der Waals surface area contributed by atoms with E-state index in [9.17, 15) is 5.11 Å². The summed E-state index contributed by atoms with van der Waals surface area (Å²) < 4.78 is 1.99. The number of hydrogen-bond donors (Lipinski definition) is 2. The van der Waals surface area contributed by atoms with Crippen molar-refractivity contribution in [3.8, 4) is 0 Å². The molecule has 26 heavy (non-hydrogen) atoms. The number of aliphatic hydroxyl groups is 2. The summed E-state index contributed by atoms with van der Waals surface area (Å²) in [7, 11) is 0. The number of rotatable bonds is 6. The molecule has 2 aliphatic rings. The van der Waals surface area contributed by atoms with Crippen LogP contribution >= 0.6 is 11.3 Å². The van der Waals surface area contributed by atoms with Crippen molar-refractivity contribution in [3.63, 3.8) is 0 Å². The molecule has 2 N–H and O–H groups in total. The van der Waals surface area contributed by atoms with E-state index in [1.807, 2.05) is 22.1 Å². The van der Waals surface area contributed by atoms with Crippen molar-refractivity contribution in [2.24, 2.45) is 0 Å². The summed E-state index contributed by atoms with van der Waals surface area (Å²) in [5.74, 6) is 0. The molecule has 4 rings (SSSR count). The summed E-state index contributed by atoms with van der Waals surface area (Å²) >= 11 is 1.86. The number of likely N-dealkylation sites (tertiary alicyclic amines) is 1. The van der Waals surface area contributed by atoms with Crippen molar-refractivity contribution in [2.75, 3.05) is 26.2 Å². The van der Waals surface area contributed by atoms with Gasteiger partial charge in [-0.2, -0.15) is 5.10 Å². The van der Waals surface area contributed by atoms with Crippen LogP contribution in [0.4, 0.5) is 0 Å². The van der Waals surface area contributed by atoms with Crippen LogP contribution < -0.4 is 0 Å². The molecule has 2 aromatic heterocycles. The molecule has 6 nitrogen and oxygen atoms in total. The highest BCUT2D eigenvalue weighted by Gasteiger charge is 2.20. The van der Waals surface area contributed by atoms with Gasteiger partial charge in [0.1, 0.15) is 6.10 Å². The zero-order valence-electron chi connectivity index (χ0n) is 15.2. The zero-order chi connectivity index (χ0) is 17.9. The van der Waals surface area contributed by atoms with Gasteiger partial charge < -0.3 is 10.2 Å². The van der Waals surface area contributed by atoms with E-state index in [1.54, 1.807) is 0 Å². The van der Waals surface area contributed by atoms with Gasteiger partial charge in [0.05, 0.1) is 18.0 Å². The van der Waals surface area contributed by atoms with Gasteiger partial charge in [-0.05, 0) is 55.4 Å². The molecule has 2 aliphatic heterocycles. The van der Waals surface area contributed by atoms with E-state index in [1.165, 1.54) is 36.4 Å². The molecule has 1 fully saturated rings. The summed E-state index contributed by atoms with van der Waals surface area (Å²) in [6, 6.07) is 4.30. The lowest BCUT2D eigenvalue weighted by molar-refractivity contribution is 0.0916. The van der Waals surface area contributed by atoms with Gasteiger partial charge in [-0.15, -0.1) is 11.3 Å². The van der Waals surface area contributed by atoms with Gasteiger partial charge in [0.2, 0.25) is 0 Å². The van der Waals surface area contributed by atoms with E-state index in [0.29, 0.717) is 5.69 Å². The third-order valence-electron chi connectivity index (χ3n) is 5.32. The van der Waals surface area contributed by atoms with Gasteiger partial charge in [-0.25, -0.2) is 0 Å². The second-order valence-electron chi connectivity index (χ2n) is 7.45. The topological polar surface area (TPSA) is 64.8 Å². The lowest BCUT2D eigenvalue weighted by atomic mass is 10.2. The van der Waals surface area contributed by atoms with Crippen molar-refractivity contribution >= 4 is 11.3 Å². The molecule has 1 saturated heterocycles. The normalized spacial score (nSPS) is 20.2. The Balaban J connectivity index is 1.39. The fourth-order valence-electron chi connectivity index (χ4n) is 3.95. The number of fused-ring (bicyclic) bond motifs is 1. The maximum atomic E-state index is 9.83. The molecule has 0 aromatic carbocycles. The average Bonchev–Trinajstić information content (AvgIpc) is 3.36. The molecule has 2 aromatic rings. The molecule has 0 aliphatic carbocycles. The summed E-state index contributed by atoms with van der Waals surface area (Å²) in [6.45, 7) is 7.01. The van der Waals surface area contributed by atoms with Crippen LogP contribution in [0.15, 0.2) is 17.5 Å². The third kappa shape index (κ3) is 4.18. The van der Waals surface area contributed by atoms with Crippen LogP contribution in [-0.4, -0.2) is 56.0 Å². The first-order valence-corrected chi connectivity index (χ1v) is 10.5. The van der Waals surface area contributed by atoms with E-state index in [0.717, 1.165) is 44.8 Å². The Kier molecular flexibility index (Phi) is 5.71. The second kappa shape index (κ2) is 8.19. The molecule has 7 heteroatoms. The Morgan fingerprint density at radius 2 is 1.85 bits per heavy atom. The second-order valence-corrected chi connectivity index (χ2v) is 8.45. The van der Waals surface area contributed by atoms with Crippen LogP contribution in [0.1, 0.15) is 47.2 Å². The van der Waals surface area contributed by atoms with Crippen LogP contribution in [0.2, 0.25) is 0 Å². The molecular weight excluding hydrogens is 348 g/mol. The molecular formula is C19H28N4O2S. The molecule has 4 heterocycles. The first-order chi connectivity index (χ1) is 12.7. The largest absolute Gasteiger partial charge is 0.393 e. The highest BCUT2D eigenvalue weighted by Crippen LogP contribution is 2.23. The zero-order valence-corrected chi connectivity index (χ0v) is 16.0. The van der Waals surface area contributed by atoms with E-state index in [4.69, 9.17) is 5.11 Å². The minimum atomic E-state index is -0.881. The molecule has 0 saturated carbocycles. The Morgan fingerprint density at radius 1 is 1.04 bits per heavy atom. The Morgan fingerprint density at radius 3 is 2.65 bits per heavy atom. The molecule has 0 unspecified atom stereocenters. The van der Waals surface area contributed by atoms with Crippen LogP contribution in [0, 0.1) is 0 Å². The number of hydrogen-bond acceptors (Lipinski definition) is 6. The van der Waals surface area contributed by atoms with Crippen molar-refractivity contribution in [1.29, 1.82) is 0 Å². The smallest absolute Gasteiger partial charge is 0.121 e. The van der Waals surface area contributed by atoms with Gasteiger partial charge in [0.15, 0.2) is 0 Å². The molecule has 0 radical (unpaired) electrons. The molecule has 0 spiro atoms. The molecule has 142 valence electrons. The SMILES string of the molecule is OC[C@H](O)c1cc2n(n1)CCCN(Cc1cc(CN3CCCC3)cs1)C2. The van der Waals surface area contributed by atoms with Crippen LogP contribution in [0.5, 0.6) is 0 Å². The fourth-order valence-corrected chi connectivity index (χ4v) is 4.88. The quantitative estimate of drug-likeness (QED) is 0.807. The summed E-state index contributed by atoms with van der Waals surface area (Å²) in [6.07, 6.45) is 2.85. The molecule has 1 atom stereocenters. The summed E-state index contributed by atoms with van der Waals surface area (Å²) in [4.78, 5) is 6.42. The number of aromatic nitrogens is 2. The Bertz CT molecular complexity index is 723. The van der Waals surface area contributed by atoms with Crippen LogP contribution in [-0.2, 0) is 26.2 Å². The highest BCUT2D eigenvalue weighted by molar-refractivity contribution is 7.10. The number of aryl methyl sites for hydroxylation is 1. The summed E-state index contributed by atoms with van der Waals surface area (Å²) in [5.41, 5.74) is 3.15. The highest BCUT2D eigenvalue weighted by atomic mass is 32.1. The minimum Gasteiger partial charge on any atom is -0.393 e. The van der Waals surface area contributed by atoms with E-state index in [2.05, 4.69) is 26.3 Å². The summed E-state index contributed by atoms with van der Waals surface area (Å²) in [5, 5.41) is 25.7. The molecule has 0 amide bonds. The standard InChI is InChI=1S/C19H28N4O2S/c24-13-19(25)18-9-16-11-22(6-3-7-23(16)20-18)12-17-8-15(14-26-17)10-21-4-1-2-5-21/h8-9,14,19,24-25H,1-7,10-13H2/t19-/m0/s1. The van der Waals surface area contributed by atoms with Crippen molar-refractivity contribution < 1.29 is 10.2 Å². The van der Waals surface area contributed by atoms with Crippen LogP contribution in [0.3, 0.4) is 0 Å². The number of aliphatic hydroxyl groups excluding tert-OH is 2. The van der Waals surface area contributed by atoms with Crippen molar-refractivity contribution in [2.45, 2.75) is 51.5 Å². The third-order valence-corrected chi connectivity index (χ3v) is 6.29. The lowest BCUT2D eigenvalue weighted by Gasteiger charge is -2.18. The van der Waals surface area contributed by atoms with E-state index >= 15 is 0 Å². The Labute approximate surface area is 158 Å². The monoisotopic (exact) mass is 376 g/mol. The van der Waals surface area contributed by atoms with Gasteiger partial charge in [-0.3, -0.25) is 14.5 Å². The van der Waals surface area contributed by atoms with Gasteiger partial charge in [0, 0.05) is 37.6 Å². The minimum absolute atomic E-state index is 0.283. The maximum absolute atomic E-state index is 9.83. The van der Waals surface area contributed by atoms with E-state index < -0.39 is 6.10 Å². The first-order valence-electron chi connectivity index (χ1n) is 9.58. The van der Waals surface area contributed by atoms with Crippen molar-refractivity contribution in [1.82, 2.24) is 19.6 Å². The first kappa shape index (κ1) is 18.1. The van der Waals surface area contributed by atoms with Crippen LogP contribution in [0.25, 0.3) is 0 Å². The predicted octanol–water partition coefficient (Wildman–Crippen LogP) is 1.97. The van der Waals surface area contributed by atoms with Crippen molar-refractivity contribution in [3.05, 3.63) is 39.3 Å². The fraction of sp³-hybridized carbons (Fsp3) is 0.632. The van der Waals surface area contributed by atoms with E-state index in [-0.39, 0.29) is 6.61 Å². The molecule has 0 bridgehead atoms. The average molecular weight is 377 g/mol. The van der Waals surface area contributed by atoms with Gasteiger partial charge in [-0.1, -0.05) is 0 Å².